The van der Waals surface area contributed by atoms with Gasteiger partial charge in [-0.15, -0.1) is 0 Å². The van der Waals surface area contributed by atoms with Crippen LogP contribution in [0.15, 0.2) is 54.6 Å². The van der Waals surface area contributed by atoms with Crippen molar-refractivity contribution < 1.29 is 4.79 Å². The van der Waals surface area contributed by atoms with Gasteiger partial charge in [0, 0.05) is 23.9 Å². The van der Waals surface area contributed by atoms with Gasteiger partial charge in [0.05, 0.1) is 0 Å². The van der Waals surface area contributed by atoms with Crippen LogP contribution < -0.4 is 5.32 Å². The van der Waals surface area contributed by atoms with Gasteiger partial charge in [0.2, 0.25) is 5.91 Å². The van der Waals surface area contributed by atoms with Gasteiger partial charge in [0.25, 0.3) is 0 Å². The molecule has 1 amide bonds. The Labute approximate surface area is 129 Å². The first-order valence-electron chi connectivity index (χ1n) is 7.00. The molecule has 0 aliphatic heterocycles. The van der Waals surface area contributed by atoms with Crippen LogP contribution in [0.25, 0.3) is 6.08 Å². The van der Waals surface area contributed by atoms with Gasteiger partial charge in [-0.3, -0.25) is 4.79 Å². The van der Waals surface area contributed by atoms with E-state index in [2.05, 4.69) is 29.6 Å². The molecule has 0 bridgehead atoms. The number of amides is 1. The predicted molar refractivity (Wildman–Crippen MR) is 86.1 cm³/mol. The molecule has 2 aromatic carbocycles. The van der Waals surface area contributed by atoms with Gasteiger partial charge >= 0.3 is 0 Å². The Morgan fingerprint density at radius 2 is 2.00 bits per heavy atom. The summed E-state index contributed by atoms with van der Waals surface area (Å²) in [5.41, 5.74) is 3.46. The third-order valence-electron chi connectivity index (χ3n) is 3.69. The normalized spacial score (nSPS) is 15.8. The van der Waals surface area contributed by atoms with Gasteiger partial charge in [-0.1, -0.05) is 60.2 Å². The van der Waals surface area contributed by atoms with Crippen molar-refractivity contribution in [3.8, 4) is 0 Å². The summed E-state index contributed by atoms with van der Waals surface area (Å²) in [6, 6.07) is 15.7. The van der Waals surface area contributed by atoms with E-state index in [-0.39, 0.29) is 11.8 Å². The monoisotopic (exact) mass is 297 g/mol. The fourth-order valence-electron chi connectivity index (χ4n) is 2.62. The van der Waals surface area contributed by atoms with Crippen molar-refractivity contribution in [1.29, 1.82) is 0 Å². The number of carbonyl (C=O) groups excluding carboxylic acids is 1. The largest absolute Gasteiger partial charge is 0.352 e. The van der Waals surface area contributed by atoms with Crippen molar-refractivity contribution in [2.24, 2.45) is 0 Å². The molecule has 2 aromatic rings. The van der Waals surface area contributed by atoms with Crippen molar-refractivity contribution in [2.45, 2.75) is 18.9 Å². The van der Waals surface area contributed by atoms with Crippen LogP contribution >= 0.6 is 11.6 Å². The quantitative estimate of drug-likeness (QED) is 0.902. The van der Waals surface area contributed by atoms with E-state index in [0.717, 1.165) is 5.56 Å². The number of nitrogens with one attached hydrogen (secondary N) is 1. The highest BCUT2D eigenvalue weighted by atomic mass is 35.5. The zero-order valence-corrected chi connectivity index (χ0v) is 12.3. The Balaban J connectivity index is 1.57. The molecule has 0 saturated carbocycles. The third-order valence-corrected chi connectivity index (χ3v) is 3.92. The molecule has 2 nitrogen and oxygen atoms in total. The first-order chi connectivity index (χ1) is 10.2. The molecular formula is C18H16ClNO. The summed E-state index contributed by atoms with van der Waals surface area (Å²) in [7, 11) is 0. The number of fused-ring (bicyclic) bond motifs is 1. The molecule has 0 radical (unpaired) electrons. The van der Waals surface area contributed by atoms with E-state index in [0.29, 0.717) is 18.0 Å². The average molecular weight is 298 g/mol. The van der Waals surface area contributed by atoms with Crippen LogP contribution in [0.3, 0.4) is 0 Å². The molecule has 3 heteroatoms. The minimum Gasteiger partial charge on any atom is -0.352 e. The lowest BCUT2D eigenvalue weighted by Crippen LogP contribution is -2.24. The van der Waals surface area contributed by atoms with Crippen molar-refractivity contribution in [2.75, 3.05) is 0 Å². The Morgan fingerprint density at radius 1 is 1.14 bits per heavy atom. The molecule has 0 aromatic heterocycles. The number of halogens is 1. The first-order valence-corrected chi connectivity index (χ1v) is 7.38. The van der Waals surface area contributed by atoms with Crippen molar-refractivity contribution in [3.05, 3.63) is 76.3 Å². The highest BCUT2D eigenvalue weighted by molar-refractivity contribution is 6.30. The maximum atomic E-state index is 12.1. The molecule has 1 atom stereocenters. The van der Waals surface area contributed by atoms with Crippen molar-refractivity contribution in [1.82, 2.24) is 5.32 Å². The molecule has 0 spiro atoms. The average Bonchev–Trinajstić information content (AvgIpc) is 2.89. The molecule has 1 N–H and O–H groups in total. The summed E-state index contributed by atoms with van der Waals surface area (Å²) in [5, 5.41) is 3.64. The summed E-state index contributed by atoms with van der Waals surface area (Å²) < 4.78 is 0. The minimum absolute atomic E-state index is 0.0568. The number of benzene rings is 2. The van der Waals surface area contributed by atoms with Crippen LogP contribution in [0, 0.1) is 0 Å². The zero-order valence-electron chi connectivity index (χ0n) is 11.6. The maximum Gasteiger partial charge on any atom is 0.221 e. The molecule has 21 heavy (non-hydrogen) atoms. The zero-order chi connectivity index (χ0) is 14.7. The van der Waals surface area contributed by atoms with Crippen LogP contribution in [0.1, 0.15) is 29.0 Å². The summed E-state index contributed by atoms with van der Waals surface area (Å²) >= 11 is 5.93. The van der Waals surface area contributed by atoms with Gasteiger partial charge in [-0.2, -0.15) is 0 Å². The number of allylic oxidation sites excluding steroid dienone is 1. The highest BCUT2D eigenvalue weighted by Gasteiger charge is 2.19. The fourth-order valence-corrected chi connectivity index (χ4v) is 2.83. The fraction of sp³-hybridized carbons (Fsp3) is 0.167. The van der Waals surface area contributed by atoms with Gasteiger partial charge < -0.3 is 5.32 Å². The predicted octanol–water partition coefficient (Wildman–Crippen LogP) is 4.16. The number of hydrogen-bond acceptors (Lipinski definition) is 1. The Hall–Kier alpha value is -2.06. The summed E-state index contributed by atoms with van der Waals surface area (Å²) in [6.45, 7) is 0.511. The van der Waals surface area contributed by atoms with Crippen molar-refractivity contribution >= 4 is 23.6 Å². The second-order valence-corrected chi connectivity index (χ2v) is 5.64. The summed E-state index contributed by atoms with van der Waals surface area (Å²) in [6.07, 6.45) is 4.67. The lowest BCUT2D eigenvalue weighted by atomic mass is 9.97. The van der Waals surface area contributed by atoms with E-state index in [1.165, 1.54) is 11.1 Å². The van der Waals surface area contributed by atoms with Gasteiger partial charge in [0.15, 0.2) is 0 Å². The Morgan fingerprint density at radius 3 is 2.86 bits per heavy atom. The van der Waals surface area contributed by atoms with Crippen LogP contribution in [0.4, 0.5) is 0 Å². The van der Waals surface area contributed by atoms with Crippen LogP contribution in [-0.4, -0.2) is 5.91 Å². The lowest BCUT2D eigenvalue weighted by Gasteiger charge is -2.11. The van der Waals surface area contributed by atoms with Crippen LogP contribution in [0.5, 0.6) is 0 Å². The van der Waals surface area contributed by atoms with Gasteiger partial charge in [-0.05, 0) is 28.8 Å². The van der Waals surface area contributed by atoms with E-state index >= 15 is 0 Å². The number of hydrogen-bond donors (Lipinski definition) is 1. The first kappa shape index (κ1) is 13.9. The summed E-state index contributed by atoms with van der Waals surface area (Å²) in [5.74, 6) is 0.238. The highest BCUT2D eigenvalue weighted by Crippen LogP contribution is 2.32. The second-order valence-electron chi connectivity index (χ2n) is 5.21. The summed E-state index contributed by atoms with van der Waals surface area (Å²) in [4.78, 5) is 12.1. The lowest BCUT2D eigenvalue weighted by molar-refractivity contribution is -0.121. The van der Waals surface area contributed by atoms with E-state index in [4.69, 9.17) is 11.6 Å². The molecule has 0 fully saturated rings. The van der Waals surface area contributed by atoms with Gasteiger partial charge in [0.1, 0.15) is 0 Å². The second kappa shape index (κ2) is 6.15. The van der Waals surface area contributed by atoms with Crippen LogP contribution in [0.2, 0.25) is 5.02 Å². The molecule has 0 heterocycles. The topological polar surface area (TPSA) is 29.1 Å². The maximum absolute atomic E-state index is 12.1. The molecule has 3 rings (SSSR count). The van der Waals surface area contributed by atoms with E-state index < -0.39 is 0 Å². The number of rotatable bonds is 4. The molecule has 0 saturated heterocycles. The standard InChI is InChI=1S/C18H16ClNO/c19-16-6-3-4-13(10-16)12-20-18(21)11-15-9-8-14-5-1-2-7-17(14)15/h1-10,15H,11-12H2,(H,20,21). The SMILES string of the molecule is O=C(CC1C=Cc2ccccc21)NCc1cccc(Cl)c1. The molecular weight excluding hydrogens is 282 g/mol. The van der Waals surface area contributed by atoms with Crippen LogP contribution in [-0.2, 0) is 11.3 Å². The van der Waals surface area contributed by atoms with E-state index in [9.17, 15) is 4.79 Å². The number of carbonyl (C=O) groups is 1. The molecule has 1 unspecified atom stereocenters. The Bertz CT molecular complexity index is 693. The molecule has 1 aliphatic rings. The molecule has 106 valence electrons. The van der Waals surface area contributed by atoms with Gasteiger partial charge in [-0.25, -0.2) is 0 Å². The van der Waals surface area contributed by atoms with E-state index in [1.807, 2.05) is 36.4 Å². The third kappa shape index (κ3) is 3.34. The smallest absolute Gasteiger partial charge is 0.221 e. The minimum atomic E-state index is 0.0568. The van der Waals surface area contributed by atoms with E-state index in [1.54, 1.807) is 0 Å². The molecule has 1 aliphatic carbocycles. The Kier molecular flexibility index (Phi) is 4.07. The van der Waals surface area contributed by atoms with Crippen molar-refractivity contribution in [3.63, 3.8) is 0 Å².